The highest BCUT2D eigenvalue weighted by Crippen LogP contribution is 2.30. The maximum Gasteiger partial charge on any atom is 0.255 e. The molecule has 1 aliphatic rings. The van der Waals surface area contributed by atoms with Crippen molar-refractivity contribution in [3.8, 4) is 0 Å². The number of thiazole rings is 1. The van der Waals surface area contributed by atoms with Gasteiger partial charge in [-0.05, 0) is 42.7 Å². The molecule has 1 saturated heterocycles. The Balaban J connectivity index is 1.59. The summed E-state index contributed by atoms with van der Waals surface area (Å²) in [5, 5.41) is 2.74. The van der Waals surface area contributed by atoms with Crippen LogP contribution in [0.4, 0.5) is 10.1 Å². The number of nitrogens with zero attached hydrogens (tertiary/aromatic N) is 2. The van der Waals surface area contributed by atoms with Crippen LogP contribution in [0.25, 0.3) is 10.2 Å². The summed E-state index contributed by atoms with van der Waals surface area (Å²) in [5.41, 5.74) is 1.44. The Labute approximate surface area is 181 Å². The molecule has 1 aromatic heterocycles. The molecule has 0 bridgehead atoms. The van der Waals surface area contributed by atoms with E-state index in [2.05, 4.69) is 10.3 Å². The first-order valence-electron chi connectivity index (χ1n) is 9.02. The van der Waals surface area contributed by atoms with E-state index in [0.717, 1.165) is 31.0 Å². The molecule has 1 aliphatic heterocycles. The average Bonchev–Trinajstić information content (AvgIpc) is 3.17. The van der Waals surface area contributed by atoms with E-state index in [1.165, 1.54) is 17.4 Å². The van der Waals surface area contributed by atoms with Crippen molar-refractivity contribution in [2.45, 2.75) is 9.24 Å². The molecule has 3 aromatic rings. The number of hydrogen-bond acceptors (Lipinski definition) is 7. The molecule has 30 heavy (non-hydrogen) atoms. The summed E-state index contributed by atoms with van der Waals surface area (Å²) >= 11 is 3.06. The minimum absolute atomic E-state index is 0.0532. The zero-order valence-corrected chi connectivity index (χ0v) is 18.4. The van der Waals surface area contributed by atoms with Crippen LogP contribution in [-0.4, -0.2) is 56.2 Å². The molecule has 0 unspecified atom stereocenters. The highest BCUT2D eigenvalue weighted by atomic mass is 32.2. The second-order valence-electron chi connectivity index (χ2n) is 6.48. The average molecular weight is 468 g/mol. The van der Waals surface area contributed by atoms with Crippen LogP contribution in [0.1, 0.15) is 10.4 Å². The van der Waals surface area contributed by atoms with Gasteiger partial charge in [-0.25, -0.2) is 17.8 Å². The maximum atomic E-state index is 14.3. The molecule has 4 rings (SSSR count). The summed E-state index contributed by atoms with van der Waals surface area (Å²) in [7, 11) is -4.06. The number of halogens is 1. The maximum absolute atomic E-state index is 14.3. The predicted molar refractivity (Wildman–Crippen MR) is 115 cm³/mol. The number of amides is 1. The number of fused-ring (bicyclic) bond motifs is 1. The summed E-state index contributed by atoms with van der Waals surface area (Å²) in [6, 6.07) is 8.67. The number of nitrogens with one attached hydrogen (secondary N) is 1. The van der Waals surface area contributed by atoms with Gasteiger partial charge < -0.3 is 10.1 Å². The second-order valence-corrected chi connectivity index (χ2v) is 10.5. The fourth-order valence-corrected chi connectivity index (χ4v) is 6.07. The van der Waals surface area contributed by atoms with Gasteiger partial charge in [0, 0.05) is 24.3 Å². The van der Waals surface area contributed by atoms with Crippen LogP contribution in [0, 0.1) is 5.82 Å². The van der Waals surface area contributed by atoms with E-state index < -0.39 is 26.6 Å². The third-order valence-electron chi connectivity index (χ3n) is 4.58. The summed E-state index contributed by atoms with van der Waals surface area (Å²) in [6.07, 6.45) is 1.94. The van der Waals surface area contributed by atoms with Crippen LogP contribution in [0.3, 0.4) is 0 Å². The molecule has 0 saturated carbocycles. The smallest absolute Gasteiger partial charge is 0.255 e. The van der Waals surface area contributed by atoms with E-state index >= 15 is 0 Å². The molecule has 158 valence electrons. The Kier molecular flexibility index (Phi) is 6.07. The molecular weight excluding hydrogens is 449 g/mol. The van der Waals surface area contributed by atoms with Gasteiger partial charge in [0.05, 0.1) is 23.4 Å². The lowest BCUT2D eigenvalue weighted by molar-refractivity contribution is 0.0729. The Bertz CT molecular complexity index is 1210. The largest absolute Gasteiger partial charge is 0.379 e. The fourth-order valence-electron chi connectivity index (χ4n) is 3.04. The Hall–Kier alpha value is -2.05. The molecule has 7 nitrogen and oxygen atoms in total. The Morgan fingerprint density at radius 1 is 1.23 bits per heavy atom. The van der Waals surface area contributed by atoms with Crippen LogP contribution < -0.4 is 5.32 Å². The van der Waals surface area contributed by atoms with E-state index in [1.807, 2.05) is 6.26 Å². The minimum atomic E-state index is -4.06. The van der Waals surface area contributed by atoms with Gasteiger partial charge in [-0.3, -0.25) is 4.79 Å². The normalized spacial score (nSPS) is 15.4. The predicted octanol–water partition coefficient (Wildman–Crippen LogP) is 3.43. The third kappa shape index (κ3) is 4.21. The van der Waals surface area contributed by atoms with Gasteiger partial charge >= 0.3 is 0 Å². The van der Waals surface area contributed by atoms with Crippen molar-refractivity contribution in [3.63, 3.8) is 0 Å². The quantitative estimate of drug-likeness (QED) is 0.579. The fraction of sp³-hybridized carbons (Fsp3) is 0.263. The number of benzene rings is 2. The molecule has 11 heteroatoms. The molecule has 0 aliphatic carbocycles. The molecule has 1 fully saturated rings. The van der Waals surface area contributed by atoms with E-state index in [-0.39, 0.29) is 31.9 Å². The SMILES string of the molecule is CSc1nc2ccc(NC(=O)c3ccc(F)c(S(=O)(=O)N4CCOCC4)c3)cc2s1. The molecule has 0 atom stereocenters. The van der Waals surface area contributed by atoms with Crippen molar-refractivity contribution in [2.75, 3.05) is 37.9 Å². The number of carbonyl (C=O) groups is 1. The topological polar surface area (TPSA) is 88.6 Å². The molecule has 2 aromatic carbocycles. The second kappa shape index (κ2) is 8.60. The lowest BCUT2D eigenvalue weighted by Gasteiger charge is -2.26. The van der Waals surface area contributed by atoms with Gasteiger partial charge in [0.25, 0.3) is 5.91 Å². The van der Waals surface area contributed by atoms with Gasteiger partial charge in [0.15, 0.2) is 4.34 Å². The number of aromatic nitrogens is 1. The van der Waals surface area contributed by atoms with Gasteiger partial charge in [-0.2, -0.15) is 4.31 Å². The number of morpholine rings is 1. The van der Waals surface area contributed by atoms with Crippen LogP contribution in [0.15, 0.2) is 45.6 Å². The van der Waals surface area contributed by atoms with E-state index in [9.17, 15) is 17.6 Å². The first-order valence-corrected chi connectivity index (χ1v) is 12.5. The van der Waals surface area contributed by atoms with Crippen molar-refractivity contribution < 1.29 is 22.3 Å². The van der Waals surface area contributed by atoms with Crippen LogP contribution >= 0.6 is 23.1 Å². The molecule has 0 radical (unpaired) electrons. The van der Waals surface area contributed by atoms with Crippen LogP contribution in [0.5, 0.6) is 0 Å². The van der Waals surface area contributed by atoms with Crippen LogP contribution in [0.2, 0.25) is 0 Å². The first kappa shape index (κ1) is 21.2. The van der Waals surface area contributed by atoms with E-state index in [0.29, 0.717) is 5.69 Å². The van der Waals surface area contributed by atoms with Crippen molar-refractivity contribution >= 4 is 54.9 Å². The van der Waals surface area contributed by atoms with Crippen molar-refractivity contribution in [2.24, 2.45) is 0 Å². The number of hydrogen-bond donors (Lipinski definition) is 1. The van der Waals surface area contributed by atoms with Gasteiger partial charge in [0.2, 0.25) is 10.0 Å². The zero-order chi connectivity index (χ0) is 21.3. The molecule has 0 spiro atoms. The molecule has 2 heterocycles. The highest BCUT2D eigenvalue weighted by Gasteiger charge is 2.29. The van der Waals surface area contributed by atoms with E-state index in [4.69, 9.17) is 4.74 Å². The Morgan fingerprint density at radius 3 is 2.73 bits per heavy atom. The molecule has 1 amide bonds. The van der Waals surface area contributed by atoms with Crippen LogP contribution in [-0.2, 0) is 14.8 Å². The minimum Gasteiger partial charge on any atom is -0.379 e. The Morgan fingerprint density at radius 2 is 2.00 bits per heavy atom. The summed E-state index contributed by atoms with van der Waals surface area (Å²) in [5.74, 6) is -1.42. The lowest BCUT2D eigenvalue weighted by Crippen LogP contribution is -2.41. The standard InChI is InChI=1S/C19H18FN3O4S3/c1-28-19-22-15-5-3-13(11-16(15)29-19)21-18(24)12-2-4-14(20)17(10-12)30(25,26)23-6-8-27-9-7-23/h2-5,10-11H,6-9H2,1H3,(H,21,24). The number of rotatable bonds is 5. The van der Waals surface area contributed by atoms with Gasteiger partial charge in [-0.15, -0.1) is 11.3 Å². The van der Waals surface area contributed by atoms with Gasteiger partial charge in [-0.1, -0.05) is 11.8 Å². The zero-order valence-electron chi connectivity index (χ0n) is 15.9. The molecule has 1 N–H and O–H groups in total. The third-order valence-corrected chi connectivity index (χ3v) is 8.50. The summed E-state index contributed by atoms with van der Waals surface area (Å²) in [6.45, 7) is 0.787. The number of anilines is 1. The number of carbonyl (C=O) groups excluding carboxylic acids is 1. The van der Waals surface area contributed by atoms with Crippen molar-refractivity contribution in [1.82, 2.24) is 9.29 Å². The van der Waals surface area contributed by atoms with Crippen molar-refractivity contribution in [3.05, 3.63) is 47.8 Å². The van der Waals surface area contributed by atoms with Gasteiger partial charge in [0.1, 0.15) is 10.7 Å². The van der Waals surface area contributed by atoms with Crippen molar-refractivity contribution in [1.29, 1.82) is 0 Å². The number of ether oxygens (including phenoxy) is 1. The monoisotopic (exact) mass is 467 g/mol. The summed E-state index contributed by atoms with van der Waals surface area (Å²) in [4.78, 5) is 16.6. The number of thioether (sulfide) groups is 1. The molecular formula is C19H18FN3O4S3. The first-order chi connectivity index (χ1) is 14.4. The highest BCUT2D eigenvalue weighted by molar-refractivity contribution is 8.00. The summed E-state index contributed by atoms with van der Waals surface area (Å²) < 4.78 is 48.1. The lowest BCUT2D eigenvalue weighted by atomic mass is 10.2. The van der Waals surface area contributed by atoms with E-state index in [1.54, 1.807) is 30.0 Å². The number of sulfonamides is 1.